The van der Waals surface area contributed by atoms with Crippen molar-refractivity contribution >= 4 is 55.0 Å². The topological polar surface area (TPSA) is 178 Å². The average Bonchev–Trinajstić information content (AvgIpc) is 3.50. The highest BCUT2D eigenvalue weighted by atomic mass is 127. The van der Waals surface area contributed by atoms with Crippen molar-refractivity contribution in [3.8, 4) is 0 Å². The molecule has 184 valence electrons. The highest BCUT2D eigenvalue weighted by molar-refractivity contribution is 14.1. The van der Waals surface area contributed by atoms with Gasteiger partial charge in [0.2, 0.25) is 9.84 Å². The highest BCUT2D eigenvalue weighted by Gasteiger charge is 2.54. The molecule has 0 amide bonds. The minimum atomic E-state index is -4.37. The van der Waals surface area contributed by atoms with E-state index in [1.54, 1.807) is 45.2 Å². The Morgan fingerprint density at radius 2 is 1.23 bits per heavy atom. The number of rotatable bonds is 6. The number of halogens is 2. The third-order valence-corrected chi connectivity index (χ3v) is 10.7. The zero-order valence-corrected chi connectivity index (χ0v) is 23.3. The fourth-order valence-corrected chi connectivity index (χ4v) is 8.02. The molecule has 0 aromatic carbocycles. The van der Waals surface area contributed by atoms with Gasteiger partial charge in [0, 0.05) is 92.0 Å². The van der Waals surface area contributed by atoms with Crippen molar-refractivity contribution in [1.82, 2.24) is 19.9 Å². The predicted molar refractivity (Wildman–Crippen MR) is 143 cm³/mol. The van der Waals surface area contributed by atoms with Gasteiger partial charge in [-0.1, -0.05) is 12.2 Å². The first-order valence-electron chi connectivity index (χ1n) is 10.1. The van der Waals surface area contributed by atoms with Crippen LogP contribution in [0.2, 0.25) is 0 Å². The molecule has 2 aliphatic rings. The van der Waals surface area contributed by atoms with Gasteiger partial charge in [0.1, 0.15) is 23.5 Å². The third kappa shape index (κ3) is 4.15. The number of sulfone groups is 1. The Balaban J connectivity index is 1.86. The Labute approximate surface area is 226 Å². The van der Waals surface area contributed by atoms with Crippen LogP contribution in [0, 0.1) is 20.2 Å². The van der Waals surface area contributed by atoms with Crippen LogP contribution in [0.1, 0.15) is 37.3 Å². The molecular weight excluding hydrogens is 706 g/mol. The Bertz CT molecular complexity index is 1330. The second-order valence-corrected chi connectivity index (χ2v) is 13.4. The number of imidazole rings is 2. The normalized spacial score (nSPS) is 29.0. The molecule has 2 aromatic rings. The molecule has 12 nitrogen and oxygen atoms in total. The van der Waals surface area contributed by atoms with Gasteiger partial charge in [0.25, 0.3) is 0 Å². The van der Waals surface area contributed by atoms with Crippen LogP contribution in [0.5, 0.6) is 0 Å². The smallest absolute Gasteiger partial charge is 0.302 e. The van der Waals surface area contributed by atoms with Gasteiger partial charge in [-0.05, 0) is 25.0 Å². The number of alkyl halides is 2. The van der Waals surface area contributed by atoms with Crippen molar-refractivity contribution in [1.29, 1.82) is 0 Å². The van der Waals surface area contributed by atoms with E-state index in [2.05, 4.69) is 19.9 Å². The predicted octanol–water partition coefficient (Wildman–Crippen LogP) is 3.92. The maximum Gasteiger partial charge on any atom is 0.302 e. The second-order valence-electron chi connectivity index (χ2n) is 8.09. The Kier molecular flexibility index (Phi) is 6.54. The van der Waals surface area contributed by atoms with Crippen LogP contribution in [0.15, 0.2) is 70.0 Å². The molecule has 0 spiro atoms. The van der Waals surface area contributed by atoms with E-state index < -0.39 is 38.6 Å². The van der Waals surface area contributed by atoms with Gasteiger partial charge in [0.15, 0.2) is 0 Å². The zero-order chi connectivity index (χ0) is 25.8. The van der Waals surface area contributed by atoms with E-state index >= 15 is 0 Å². The number of hydrogen-bond acceptors (Lipinski definition) is 8. The Morgan fingerprint density at radius 3 is 1.51 bits per heavy atom. The molecule has 2 aromatic heterocycles. The first-order valence-corrected chi connectivity index (χ1v) is 13.7. The summed E-state index contributed by atoms with van der Waals surface area (Å²) in [5.74, 6) is -1.07. The molecule has 15 heteroatoms. The SMILES string of the molecule is CC1=C[C@H](c2ncc[nH]2)[C@@](I)([N+](=O)[O-])C=C1S(=O)(=O)C1=C[C@@](I)([N+](=O)[O-])[C@@H](c2ncc[nH]2)C=C1C. The van der Waals surface area contributed by atoms with Crippen LogP contribution in [-0.2, 0) is 9.84 Å². The monoisotopic (exact) mass is 724 g/mol. The first-order chi connectivity index (χ1) is 16.3. The maximum absolute atomic E-state index is 13.9. The minimum absolute atomic E-state index is 0.274. The van der Waals surface area contributed by atoms with Crippen molar-refractivity contribution in [3.05, 3.63) is 102 Å². The molecule has 2 aliphatic carbocycles. The Hall–Kier alpha value is -2.41. The van der Waals surface area contributed by atoms with Crippen LogP contribution in [0.3, 0.4) is 0 Å². The molecule has 0 aliphatic heterocycles. The number of allylic oxidation sites excluding steroid dienone is 2. The van der Waals surface area contributed by atoms with E-state index in [0.29, 0.717) is 11.6 Å². The third-order valence-electron chi connectivity index (χ3n) is 5.92. The Morgan fingerprint density at radius 1 is 0.857 bits per heavy atom. The summed E-state index contributed by atoms with van der Waals surface area (Å²) in [6, 6.07) is 0. The second kappa shape index (κ2) is 8.91. The summed E-state index contributed by atoms with van der Waals surface area (Å²) in [4.78, 5) is 36.5. The van der Waals surface area contributed by atoms with E-state index in [0.717, 1.165) is 12.2 Å². The molecule has 35 heavy (non-hydrogen) atoms. The fraction of sp³-hybridized carbons (Fsp3) is 0.300. The number of hydrogen-bond donors (Lipinski definition) is 2. The molecule has 4 rings (SSSR count). The highest BCUT2D eigenvalue weighted by Crippen LogP contribution is 2.49. The van der Waals surface area contributed by atoms with E-state index in [-0.39, 0.29) is 21.0 Å². The number of H-pyrrole nitrogens is 2. The van der Waals surface area contributed by atoms with Crippen molar-refractivity contribution in [2.24, 2.45) is 0 Å². The van der Waals surface area contributed by atoms with Gasteiger partial charge >= 0.3 is 7.09 Å². The lowest BCUT2D eigenvalue weighted by molar-refractivity contribution is -0.520. The van der Waals surface area contributed by atoms with Gasteiger partial charge in [-0.3, -0.25) is 20.2 Å². The van der Waals surface area contributed by atoms with E-state index in [1.807, 2.05) is 0 Å². The van der Waals surface area contributed by atoms with Crippen molar-refractivity contribution in [2.45, 2.75) is 32.8 Å². The number of nitro groups is 2. The summed E-state index contributed by atoms with van der Waals surface area (Å²) in [6.07, 6.45) is 11.1. The van der Waals surface area contributed by atoms with Gasteiger partial charge < -0.3 is 9.97 Å². The van der Waals surface area contributed by atoms with Gasteiger partial charge in [-0.25, -0.2) is 18.4 Å². The van der Waals surface area contributed by atoms with E-state index in [4.69, 9.17) is 0 Å². The number of nitrogens with one attached hydrogen (secondary N) is 2. The van der Waals surface area contributed by atoms with Crippen LogP contribution < -0.4 is 0 Å². The van der Waals surface area contributed by atoms with Crippen LogP contribution in [0.25, 0.3) is 0 Å². The van der Waals surface area contributed by atoms with Crippen LogP contribution >= 0.6 is 45.2 Å². The molecule has 0 radical (unpaired) electrons. The summed E-state index contributed by atoms with van der Waals surface area (Å²) < 4.78 is 24.0. The van der Waals surface area contributed by atoms with Gasteiger partial charge in [-0.15, -0.1) is 0 Å². The number of nitrogens with zero attached hydrogens (tertiary/aromatic N) is 4. The molecular formula is C20H18I2N6O6S. The molecule has 2 N–H and O–H groups in total. The van der Waals surface area contributed by atoms with Crippen LogP contribution in [-0.4, -0.2) is 45.3 Å². The molecule has 0 saturated carbocycles. The summed E-state index contributed by atoms with van der Waals surface area (Å²) in [7, 11) is -4.37. The molecule has 0 fully saturated rings. The number of aromatic nitrogens is 4. The lowest BCUT2D eigenvalue weighted by Crippen LogP contribution is -2.40. The van der Waals surface area contributed by atoms with Crippen molar-refractivity contribution < 1.29 is 18.3 Å². The zero-order valence-electron chi connectivity index (χ0n) is 18.2. The quantitative estimate of drug-likeness (QED) is 0.148. The van der Waals surface area contributed by atoms with E-state index in [1.165, 1.54) is 50.8 Å². The van der Waals surface area contributed by atoms with Crippen LogP contribution in [0.4, 0.5) is 0 Å². The lowest BCUT2D eigenvalue weighted by Gasteiger charge is -2.31. The van der Waals surface area contributed by atoms with E-state index in [9.17, 15) is 28.6 Å². The van der Waals surface area contributed by atoms with Crippen molar-refractivity contribution in [3.63, 3.8) is 0 Å². The molecule has 0 bridgehead atoms. The van der Waals surface area contributed by atoms with Gasteiger partial charge in [0.05, 0.1) is 9.81 Å². The minimum Gasteiger partial charge on any atom is -0.348 e. The summed E-state index contributed by atoms with van der Waals surface area (Å²) in [5.41, 5.74) is 0.560. The summed E-state index contributed by atoms with van der Waals surface area (Å²) >= 11 is 3.22. The molecule has 2 heterocycles. The summed E-state index contributed by atoms with van der Waals surface area (Å²) in [5, 5.41) is 24.3. The fourth-order valence-electron chi connectivity index (χ4n) is 4.14. The number of aromatic amines is 2. The maximum atomic E-state index is 13.9. The molecule has 0 unspecified atom stereocenters. The summed E-state index contributed by atoms with van der Waals surface area (Å²) in [6.45, 7) is 3.07. The molecule has 4 atom stereocenters. The van der Waals surface area contributed by atoms with Crippen molar-refractivity contribution in [2.75, 3.05) is 0 Å². The van der Waals surface area contributed by atoms with Gasteiger partial charge in [-0.2, -0.15) is 0 Å². The first kappa shape index (κ1) is 25.7. The standard InChI is InChI=1S/C20H18I2N6O6S/c1-11-7-13(17-23-3-4-24-17)19(21,27(29)30)9-15(11)35(33,34)16-10-20(22,28(31)32)14(8-12(16)2)18-25-5-6-26-18/h3-10,13-14H,1-2H3,(H,23,24)(H,25,26)/t13-,14-,19-,20+/m1/s1. The average molecular weight is 724 g/mol. The largest absolute Gasteiger partial charge is 0.348 e. The lowest BCUT2D eigenvalue weighted by atomic mass is 9.91. The molecule has 0 saturated heterocycles.